The minimum Gasteiger partial charge on any atom is -0.545 e. The lowest BCUT2D eigenvalue weighted by atomic mass is 9.81. The van der Waals surface area contributed by atoms with Gasteiger partial charge in [-0.25, -0.2) is 4.79 Å². The second-order valence-corrected chi connectivity index (χ2v) is 7.21. The zero-order chi connectivity index (χ0) is 21.2. The average Bonchev–Trinajstić information content (AvgIpc) is 3.03. The number of aromatic carboxylic acids is 1. The van der Waals surface area contributed by atoms with Crippen molar-refractivity contribution in [3.8, 4) is 0 Å². The summed E-state index contributed by atoms with van der Waals surface area (Å²) in [5.74, 6) is -2.03. The number of carbonyl (C=O) groups is 2. The number of hydrogen-bond donors (Lipinski definition) is 2. The highest BCUT2D eigenvalue weighted by molar-refractivity contribution is 6.23. The van der Waals surface area contributed by atoms with Crippen LogP contribution in [0, 0.1) is 0 Å². The molecule has 2 aromatic carbocycles. The largest absolute Gasteiger partial charge is 0.545 e. The fourth-order valence-electron chi connectivity index (χ4n) is 4.18. The molecule has 2 aliphatic rings. The minimum atomic E-state index is -1.32. The van der Waals surface area contributed by atoms with Gasteiger partial charge in [-0.05, 0) is 11.1 Å². The number of carboxylic acids is 1. The molecule has 8 heteroatoms. The number of hydrogen-bond acceptors (Lipinski definition) is 6. The molecular formula is C22H14N3O5-. The van der Waals surface area contributed by atoms with Crippen molar-refractivity contribution in [3.05, 3.63) is 103 Å². The maximum absolute atomic E-state index is 13.3. The Morgan fingerprint density at radius 3 is 2.33 bits per heavy atom. The van der Waals surface area contributed by atoms with E-state index in [4.69, 9.17) is 0 Å². The van der Waals surface area contributed by atoms with Crippen LogP contribution in [0.15, 0.2) is 63.7 Å². The normalized spacial score (nSPS) is 16.6. The lowest BCUT2D eigenvalue weighted by Gasteiger charge is -2.29. The molecule has 2 heterocycles. The highest BCUT2D eigenvalue weighted by Gasteiger charge is 2.42. The van der Waals surface area contributed by atoms with Crippen LogP contribution in [0.4, 0.5) is 5.82 Å². The molecule has 1 aliphatic heterocycles. The summed E-state index contributed by atoms with van der Waals surface area (Å²) in [6, 6.07) is 12.9. The van der Waals surface area contributed by atoms with Gasteiger partial charge in [0.25, 0.3) is 5.56 Å². The Kier molecular flexibility index (Phi) is 3.66. The lowest BCUT2D eigenvalue weighted by molar-refractivity contribution is -0.255. The van der Waals surface area contributed by atoms with Gasteiger partial charge in [-0.3, -0.25) is 19.1 Å². The van der Waals surface area contributed by atoms with Gasteiger partial charge in [0, 0.05) is 29.7 Å². The lowest BCUT2D eigenvalue weighted by Crippen LogP contribution is -2.37. The molecule has 8 nitrogen and oxygen atoms in total. The van der Waals surface area contributed by atoms with Crippen molar-refractivity contribution in [2.24, 2.45) is 7.05 Å². The van der Waals surface area contributed by atoms with E-state index in [1.165, 1.54) is 23.7 Å². The first kappa shape index (κ1) is 17.9. The van der Waals surface area contributed by atoms with Gasteiger partial charge in [0.05, 0.1) is 17.2 Å². The number of ketones is 1. The van der Waals surface area contributed by atoms with E-state index in [1.807, 2.05) is 0 Å². The molecule has 1 aliphatic carbocycles. The monoisotopic (exact) mass is 400 g/mol. The summed E-state index contributed by atoms with van der Waals surface area (Å²) in [4.78, 5) is 51.7. The standard InChI is InChI=1S/C22H15N3O5/c1-25-19-16(20(27)24-22(25)30)14(10-6-8-11(9-7-10)21(28)29)15-17(23-19)12-4-2-3-5-13(12)18(15)26/h2-9,14,23H,1H3,(H,28,29)(H,24,27,30)/p-1/t14-/m0/s1. The van der Waals surface area contributed by atoms with E-state index in [0.29, 0.717) is 33.8 Å². The maximum atomic E-state index is 13.3. The summed E-state index contributed by atoms with van der Waals surface area (Å²) in [7, 11) is 1.52. The van der Waals surface area contributed by atoms with Crippen molar-refractivity contribution in [3.63, 3.8) is 0 Å². The number of carboxylic acid groups (broad SMARTS) is 1. The number of fused-ring (bicyclic) bond motifs is 3. The molecule has 0 saturated heterocycles. The number of H-pyrrole nitrogens is 1. The third-order valence-electron chi connectivity index (χ3n) is 5.62. The Morgan fingerprint density at radius 2 is 1.67 bits per heavy atom. The van der Waals surface area contributed by atoms with Gasteiger partial charge in [-0.2, -0.15) is 0 Å². The summed E-state index contributed by atoms with van der Waals surface area (Å²) in [5, 5.41) is 14.3. The van der Waals surface area contributed by atoms with Crippen LogP contribution in [0.3, 0.4) is 0 Å². The van der Waals surface area contributed by atoms with Gasteiger partial charge in [-0.1, -0.05) is 48.5 Å². The van der Waals surface area contributed by atoms with E-state index in [1.54, 1.807) is 36.4 Å². The molecule has 1 aromatic heterocycles. The number of nitrogens with one attached hydrogen (secondary N) is 2. The molecule has 1 atom stereocenters. The molecule has 30 heavy (non-hydrogen) atoms. The molecule has 0 fully saturated rings. The molecule has 2 N–H and O–H groups in total. The SMILES string of the molecule is Cn1c2c(c(=O)[nH]c1=O)[C@@H](c1ccc(C(=O)[O-])cc1)C1=C(N2)c2ccccc2C1=O. The van der Waals surface area contributed by atoms with Crippen molar-refractivity contribution in [1.82, 2.24) is 9.55 Å². The topological polar surface area (TPSA) is 124 Å². The first-order valence-corrected chi connectivity index (χ1v) is 9.18. The molecule has 3 aromatic rings. The van der Waals surface area contributed by atoms with E-state index in [0.717, 1.165) is 0 Å². The van der Waals surface area contributed by atoms with Crippen LogP contribution in [0.2, 0.25) is 0 Å². The highest BCUT2D eigenvalue weighted by atomic mass is 16.4. The summed E-state index contributed by atoms with van der Waals surface area (Å²) in [5.41, 5.74) is 1.68. The Morgan fingerprint density at radius 1 is 1.00 bits per heavy atom. The first-order valence-electron chi connectivity index (χ1n) is 9.18. The highest BCUT2D eigenvalue weighted by Crippen LogP contribution is 2.47. The van der Waals surface area contributed by atoms with E-state index in [9.17, 15) is 24.3 Å². The molecule has 0 saturated carbocycles. The Bertz CT molecular complexity index is 1410. The molecule has 0 unspecified atom stereocenters. The van der Waals surface area contributed by atoms with Gasteiger partial charge in [0.1, 0.15) is 5.82 Å². The van der Waals surface area contributed by atoms with E-state index in [-0.39, 0.29) is 16.9 Å². The smallest absolute Gasteiger partial charge is 0.329 e. The van der Waals surface area contributed by atoms with Gasteiger partial charge in [0.15, 0.2) is 5.78 Å². The third-order valence-corrected chi connectivity index (χ3v) is 5.62. The summed E-state index contributed by atoms with van der Waals surface area (Å²) in [6.07, 6.45) is 0. The molecule has 148 valence electrons. The quantitative estimate of drug-likeness (QED) is 0.649. The van der Waals surface area contributed by atoms with Crippen molar-refractivity contribution in [1.29, 1.82) is 0 Å². The summed E-state index contributed by atoms with van der Waals surface area (Å²) in [6.45, 7) is 0. The van der Waals surface area contributed by atoms with Crippen LogP contribution >= 0.6 is 0 Å². The fourth-order valence-corrected chi connectivity index (χ4v) is 4.18. The molecule has 0 amide bonds. The second kappa shape index (κ2) is 6.15. The predicted molar refractivity (Wildman–Crippen MR) is 106 cm³/mol. The second-order valence-electron chi connectivity index (χ2n) is 7.21. The zero-order valence-electron chi connectivity index (χ0n) is 15.7. The first-order chi connectivity index (χ1) is 14.4. The Balaban J connectivity index is 1.82. The Hall–Kier alpha value is -4.20. The van der Waals surface area contributed by atoms with Gasteiger partial charge in [0.2, 0.25) is 0 Å². The molecular weight excluding hydrogens is 386 g/mol. The number of aromatic amines is 1. The van der Waals surface area contributed by atoms with Crippen molar-refractivity contribution < 1.29 is 14.7 Å². The van der Waals surface area contributed by atoms with E-state index in [2.05, 4.69) is 10.3 Å². The number of rotatable bonds is 2. The Labute approximate surface area is 169 Å². The minimum absolute atomic E-state index is 0.0162. The number of nitrogens with zero attached hydrogens (tertiary/aromatic N) is 1. The van der Waals surface area contributed by atoms with Gasteiger partial charge < -0.3 is 15.2 Å². The number of aromatic nitrogens is 2. The number of Topliss-reactive ketones (excluding diaryl/α,β-unsaturated/α-hetero) is 1. The van der Waals surface area contributed by atoms with Crippen LogP contribution in [-0.4, -0.2) is 21.3 Å². The molecule has 5 rings (SSSR count). The van der Waals surface area contributed by atoms with Crippen molar-refractivity contribution in [2.75, 3.05) is 5.32 Å². The average molecular weight is 400 g/mol. The molecule has 0 radical (unpaired) electrons. The van der Waals surface area contributed by atoms with Crippen LogP contribution in [0.25, 0.3) is 5.70 Å². The van der Waals surface area contributed by atoms with Crippen LogP contribution in [0.1, 0.15) is 43.3 Å². The van der Waals surface area contributed by atoms with Gasteiger partial charge in [-0.15, -0.1) is 0 Å². The number of anilines is 1. The van der Waals surface area contributed by atoms with E-state index >= 15 is 0 Å². The van der Waals surface area contributed by atoms with Crippen LogP contribution in [-0.2, 0) is 7.05 Å². The van der Waals surface area contributed by atoms with Crippen molar-refractivity contribution in [2.45, 2.75) is 5.92 Å². The molecule has 0 spiro atoms. The number of allylic oxidation sites excluding steroid dienone is 1. The number of carbonyl (C=O) groups excluding carboxylic acids is 2. The predicted octanol–water partition coefficient (Wildman–Crippen LogP) is 0.602. The van der Waals surface area contributed by atoms with Crippen LogP contribution in [0.5, 0.6) is 0 Å². The summed E-state index contributed by atoms with van der Waals surface area (Å²) < 4.78 is 1.29. The maximum Gasteiger partial charge on any atom is 0.329 e. The third kappa shape index (κ3) is 2.33. The van der Waals surface area contributed by atoms with Gasteiger partial charge >= 0.3 is 5.69 Å². The fraction of sp³-hybridized carbons (Fsp3) is 0.0909. The van der Waals surface area contributed by atoms with E-state index < -0.39 is 23.1 Å². The number of benzene rings is 2. The van der Waals surface area contributed by atoms with Crippen molar-refractivity contribution >= 4 is 23.3 Å². The summed E-state index contributed by atoms with van der Waals surface area (Å²) >= 11 is 0. The zero-order valence-corrected chi connectivity index (χ0v) is 15.7. The molecule has 0 bridgehead atoms. The van der Waals surface area contributed by atoms with Crippen LogP contribution < -0.4 is 21.7 Å².